The Morgan fingerprint density at radius 2 is 1.75 bits per heavy atom. The smallest absolute Gasteiger partial charge is 0.335 e. The third-order valence-electron chi connectivity index (χ3n) is 3.49. The fraction of sp³-hybridized carbons (Fsp3) is 0.500. The zero-order valence-corrected chi connectivity index (χ0v) is 11.4. The highest BCUT2D eigenvalue weighted by Gasteiger charge is 2.23. The van der Waals surface area contributed by atoms with Gasteiger partial charge in [0.15, 0.2) is 0 Å². The summed E-state index contributed by atoms with van der Waals surface area (Å²) in [7, 11) is 0. The molecular weight excluding hydrogens is 266 g/mol. The van der Waals surface area contributed by atoms with Gasteiger partial charge in [-0.2, -0.15) is 0 Å². The maximum atomic E-state index is 13.9. The molecule has 1 aliphatic heterocycles. The van der Waals surface area contributed by atoms with Crippen molar-refractivity contribution in [2.24, 2.45) is 0 Å². The number of aromatic carboxylic acids is 1. The number of rotatable bonds is 4. The van der Waals surface area contributed by atoms with Gasteiger partial charge in [0.25, 0.3) is 0 Å². The van der Waals surface area contributed by atoms with Gasteiger partial charge in [-0.1, -0.05) is 6.92 Å². The zero-order valence-electron chi connectivity index (χ0n) is 11.4. The highest BCUT2D eigenvalue weighted by atomic mass is 19.1. The van der Waals surface area contributed by atoms with Crippen LogP contribution in [0.3, 0.4) is 0 Å². The molecule has 0 atom stereocenters. The molecule has 6 heteroatoms. The van der Waals surface area contributed by atoms with Gasteiger partial charge in [0.05, 0.1) is 5.56 Å². The largest absolute Gasteiger partial charge is 0.478 e. The first-order valence-electron chi connectivity index (χ1n) is 6.72. The molecule has 0 aromatic heterocycles. The lowest BCUT2D eigenvalue weighted by atomic mass is 10.1. The molecule has 2 rings (SSSR count). The molecule has 110 valence electrons. The number of piperazine rings is 1. The molecule has 4 nitrogen and oxygen atoms in total. The van der Waals surface area contributed by atoms with Crippen LogP contribution in [-0.2, 0) is 0 Å². The molecule has 0 amide bonds. The molecular formula is C14H18F2N2O2. The Morgan fingerprint density at radius 1 is 1.20 bits per heavy atom. The normalized spacial score (nSPS) is 16.4. The lowest BCUT2D eigenvalue weighted by Crippen LogP contribution is -2.47. The van der Waals surface area contributed by atoms with Gasteiger partial charge >= 0.3 is 5.97 Å². The van der Waals surface area contributed by atoms with Crippen LogP contribution in [0.1, 0.15) is 23.7 Å². The summed E-state index contributed by atoms with van der Waals surface area (Å²) in [6.07, 6.45) is 1.05. The molecule has 0 spiro atoms. The zero-order chi connectivity index (χ0) is 14.7. The predicted octanol–water partition coefficient (Wildman–Crippen LogP) is 2.20. The Bertz CT molecular complexity index is 477. The SMILES string of the molecule is CCCN1CCN(c2c(F)cc(C(=O)O)cc2F)CC1. The third-order valence-corrected chi connectivity index (χ3v) is 3.49. The van der Waals surface area contributed by atoms with E-state index in [1.807, 2.05) is 0 Å². The summed E-state index contributed by atoms with van der Waals surface area (Å²) >= 11 is 0. The molecule has 1 heterocycles. The second kappa shape index (κ2) is 6.17. The van der Waals surface area contributed by atoms with Gasteiger partial charge in [0, 0.05) is 26.2 Å². The minimum atomic E-state index is -1.33. The van der Waals surface area contributed by atoms with Gasteiger partial charge in [-0.3, -0.25) is 4.90 Å². The molecule has 0 saturated carbocycles. The van der Waals surface area contributed by atoms with Crippen LogP contribution in [-0.4, -0.2) is 48.7 Å². The predicted molar refractivity (Wildman–Crippen MR) is 72.3 cm³/mol. The van der Waals surface area contributed by atoms with E-state index in [9.17, 15) is 13.6 Å². The maximum Gasteiger partial charge on any atom is 0.335 e. The molecule has 0 radical (unpaired) electrons. The number of carboxylic acid groups (broad SMARTS) is 1. The molecule has 1 saturated heterocycles. The quantitative estimate of drug-likeness (QED) is 0.920. The minimum absolute atomic E-state index is 0.119. The van der Waals surface area contributed by atoms with Crippen LogP contribution in [0.5, 0.6) is 0 Å². The number of anilines is 1. The van der Waals surface area contributed by atoms with E-state index in [-0.39, 0.29) is 11.3 Å². The summed E-state index contributed by atoms with van der Waals surface area (Å²) < 4.78 is 27.9. The van der Waals surface area contributed by atoms with Gasteiger partial charge in [-0.15, -0.1) is 0 Å². The molecule has 1 aromatic rings. The number of hydrogen-bond donors (Lipinski definition) is 1. The number of hydrogen-bond acceptors (Lipinski definition) is 3. The number of carboxylic acids is 1. The molecule has 1 aliphatic rings. The molecule has 0 aliphatic carbocycles. The number of nitrogens with zero attached hydrogens (tertiary/aromatic N) is 2. The van der Waals surface area contributed by atoms with Crippen molar-refractivity contribution >= 4 is 11.7 Å². The van der Waals surface area contributed by atoms with Crippen LogP contribution in [0.15, 0.2) is 12.1 Å². The van der Waals surface area contributed by atoms with Gasteiger partial charge in [-0.25, -0.2) is 13.6 Å². The Hall–Kier alpha value is -1.69. The molecule has 1 fully saturated rings. The summed E-state index contributed by atoms with van der Waals surface area (Å²) in [6.45, 7) is 5.68. The van der Waals surface area contributed by atoms with Crippen LogP contribution in [0.4, 0.5) is 14.5 Å². The number of benzene rings is 1. The topological polar surface area (TPSA) is 43.8 Å². The van der Waals surface area contributed by atoms with Crippen LogP contribution in [0.25, 0.3) is 0 Å². The molecule has 1 aromatic carbocycles. The van der Waals surface area contributed by atoms with E-state index in [1.165, 1.54) is 0 Å². The highest BCUT2D eigenvalue weighted by molar-refractivity contribution is 5.88. The molecule has 0 bridgehead atoms. The highest BCUT2D eigenvalue weighted by Crippen LogP contribution is 2.26. The van der Waals surface area contributed by atoms with E-state index in [4.69, 9.17) is 5.11 Å². The molecule has 20 heavy (non-hydrogen) atoms. The Labute approximate surface area is 116 Å². The van der Waals surface area contributed by atoms with Crippen molar-refractivity contribution in [3.8, 4) is 0 Å². The van der Waals surface area contributed by atoms with Gasteiger partial charge in [-0.05, 0) is 25.1 Å². The molecule has 0 unspecified atom stereocenters. The van der Waals surface area contributed by atoms with Crippen molar-refractivity contribution in [3.63, 3.8) is 0 Å². The van der Waals surface area contributed by atoms with Crippen LogP contribution in [0, 0.1) is 11.6 Å². The van der Waals surface area contributed by atoms with E-state index in [2.05, 4.69) is 11.8 Å². The van der Waals surface area contributed by atoms with E-state index in [0.29, 0.717) is 13.1 Å². The Morgan fingerprint density at radius 3 is 2.20 bits per heavy atom. The second-order valence-electron chi connectivity index (χ2n) is 4.92. The van der Waals surface area contributed by atoms with Crippen molar-refractivity contribution < 1.29 is 18.7 Å². The molecule has 1 N–H and O–H groups in total. The fourth-order valence-corrected chi connectivity index (χ4v) is 2.50. The van der Waals surface area contributed by atoms with Crippen molar-refractivity contribution in [3.05, 3.63) is 29.3 Å². The van der Waals surface area contributed by atoms with Crippen molar-refractivity contribution in [1.29, 1.82) is 0 Å². The monoisotopic (exact) mass is 284 g/mol. The summed E-state index contributed by atoms with van der Waals surface area (Å²) in [5.74, 6) is -2.96. The van der Waals surface area contributed by atoms with Gasteiger partial charge < -0.3 is 10.0 Å². The van der Waals surface area contributed by atoms with E-state index >= 15 is 0 Å². The number of halogens is 2. The van der Waals surface area contributed by atoms with Crippen molar-refractivity contribution in [1.82, 2.24) is 4.90 Å². The average Bonchev–Trinajstić information content (AvgIpc) is 2.40. The summed E-state index contributed by atoms with van der Waals surface area (Å²) in [4.78, 5) is 14.6. The second-order valence-corrected chi connectivity index (χ2v) is 4.92. The fourth-order valence-electron chi connectivity index (χ4n) is 2.50. The van der Waals surface area contributed by atoms with Crippen LogP contribution in [0.2, 0.25) is 0 Å². The third kappa shape index (κ3) is 3.07. The first-order chi connectivity index (χ1) is 9.52. The lowest BCUT2D eigenvalue weighted by molar-refractivity contribution is 0.0695. The Kier molecular flexibility index (Phi) is 4.54. The first-order valence-corrected chi connectivity index (χ1v) is 6.72. The first kappa shape index (κ1) is 14.7. The maximum absolute atomic E-state index is 13.9. The summed E-state index contributed by atoms with van der Waals surface area (Å²) in [5.41, 5.74) is -0.487. The summed E-state index contributed by atoms with van der Waals surface area (Å²) in [5, 5.41) is 8.78. The van der Waals surface area contributed by atoms with Gasteiger partial charge in [0.2, 0.25) is 0 Å². The van der Waals surface area contributed by atoms with E-state index in [0.717, 1.165) is 38.2 Å². The minimum Gasteiger partial charge on any atom is -0.478 e. The van der Waals surface area contributed by atoms with Crippen molar-refractivity contribution in [2.45, 2.75) is 13.3 Å². The average molecular weight is 284 g/mol. The van der Waals surface area contributed by atoms with Gasteiger partial charge in [0.1, 0.15) is 17.3 Å². The van der Waals surface area contributed by atoms with Crippen LogP contribution >= 0.6 is 0 Å². The number of carbonyl (C=O) groups is 1. The Balaban J connectivity index is 2.16. The lowest BCUT2D eigenvalue weighted by Gasteiger charge is -2.36. The standard InChI is InChI=1S/C14H18F2N2O2/c1-2-3-17-4-6-18(7-5-17)13-11(15)8-10(14(19)20)9-12(13)16/h8-9H,2-7H2,1H3,(H,19,20). The van der Waals surface area contributed by atoms with E-state index in [1.54, 1.807) is 4.90 Å². The summed E-state index contributed by atoms with van der Waals surface area (Å²) in [6, 6.07) is 1.75. The van der Waals surface area contributed by atoms with Crippen molar-refractivity contribution in [2.75, 3.05) is 37.6 Å². The van der Waals surface area contributed by atoms with E-state index < -0.39 is 17.6 Å². The van der Waals surface area contributed by atoms with Crippen LogP contribution < -0.4 is 4.90 Å².